The van der Waals surface area contributed by atoms with E-state index in [1.807, 2.05) is 6.07 Å². The largest absolute Gasteiger partial charge is 0.361 e. The average molecular weight is 258 g/mol. The van der Waals surface area contributed by atoms with Crippen molar-refractivity contribution in [1.82, 2.24) is 9.97 Å². The fourth-order valence-electron chi connectivity index (χ4n) is 1.89. The van der Waals surface area contributed by atoms with Crippen molar-refractivity contribution in [3.05, 3.63) is 39.5 Å². The molecule has 0 bridgehead atoms. The normalized spacial score (nSPS) is 11.9. The Kier molecular flexibility index (Phi) is 3.58. The lowest BCUT2D eigenvalue weighted by Crippen LogP contribution is -2.10. The van der Waals surface area contributed by atoms with Gasteiger partial charge in [-0.25, -0.2) is 9.97 Å². The SMILES string of the molecule is Cc1cc(C(C)Nc2nccnc2C#N)c(C)s1. The molecule has 0 amide bonds. The molecule has 0 aliphatic carbocycles. The number of nitriles is 1. The van der Waals surface area contributed by atoms with Gasteiger partial charge in [-0.2, -0.15) is 5.26 Å². The molecule has 0 aliphatic heterocycles. The molecule has 92 valence electrons. The van der Waals surface area contributed by atoms with E-state index < -0.39 is 0 Å². The van der Waals surface area contributed by atoms with Gasteiger partial charge in [0.25, 0.3) is 0 Å². The monoisotopic (exact) mass is 258 g/mol. The van der Waals surface area contributed by atoms with E-state index >= 15 is 0 Å². The first-order valence-corrected chi connectivity index (χ1v) is 6.48. The van der Waals surface area contributed by atoms with Crippen molar-refractivity contribution in [2.75, 3.05) is 5.32 Å². The molecule has 18 heavy (non-hydrogen) atoms. The minimum atomic E-state index is 0.110. The number of anilines is 1. The van der Waals surface area contributed by atoms with Gasteiger partial charge in [-0.3, -0.25) is 0 Å². The maximum Gasteiger partial charge on any atom is 0.182 e. The van der Waals surface area contributed by atoms with Gasteiger partial charge in [-0.1, -0.05) is 0 Å². The molecule has 2 heterocycles. The Morgan fingerprint density at radius 3 is 2.67 bits per heavy atom. The second-order valence-electron chi connectivity index (χ2n) is 4.10. The van der Waals surface area contributed by atoms with Crippen LogP contribution in [0.5, 0.6) is 0 Å². The molecule has 1 atom stereocenters. The third-order valence-corrected chi connectivity index (χ3v) is 3.68. The van der Waals surface area contributed by atoms with Gasteiger partial charge in [-0.05, 0) is 32.4 Å². The molecule has 0 fully saturated rings. The summed E-state index contributed by atoms with van der Waals surface area (Å²) < 4.78 is 0. The summed E-state index contributed by atoms with van der Waals surface area (Å²) in [4.78, 5) is 10.7. The smallest absolute Gasteiger partial charge is 0.182 e. The molecule has 0 aliphatic rings. The van der Waals surface area contributed by atoms with Crippen molar-refractivity contribution in [3.8, 4) is 6.07 Å². The van der Waals surface area contributed by atoms with E-state index in [4.69, 9.17) is 5.26 Å². The zero-order chi connectivity index (χ0) is 13.1. The van der Waals surface area contributed by atoms with Crippen molar-refractivity contribution in [2.24, 2.45) is 0 Å². The Morgan fingerprint density at radius 1 is 1.33 bits per heavy atom. The standard InChI is InChI=1S/C13H14N4S/c1-8-6-11(10(3)18-8)9(2)17-13-12(7-14)15-4-5-16-13/h4-6,9H,1-3H3,(H,16,17). The highest BCUT2D eigenvalue weighted by atomic mass is 32.1. The first kappa shape index (κ1) is 12.5. The third-order valence-electron chi connectivity index (χ3n) is 2.70. The lowest BCUT2D eigenvalue weighted by Gasteiger charge is -2.14. The molecule has 1 N–H and O–H groups in total. The maximum absolute atomic E-state index is 8.97. The van der Waals surface area contributed by atoms with Crippen LogP contribution in [0.1, 0.15) is 34.0 Å². The van der Waals surface area contributed by atoms with Gasteiger partial charge >= 0.3 is 0 Å². The summed E-state index contributed by atoms with van der Waals surface area (Å²) in [5, 5.41) is 12.2. The highest BCUT2D eigenvalue weighted by molar-refractivity contribution is 7.12. The van der Waals surface area contributed by atoms with Crippen LogP contribution in [0.4, 0.5) is 5.82 Å². The van der Waals surface area contributed by atoms with Gasteiger partial charge in [0.15, 0.2) is 11.5 Å². The van der Waals surface area contributed by atoms with Gasteiger partial charge in [0, 0.05) is 22.1 Å². The van der Waals surface area contributed by atoms with Gasteiger partial charge in [-0.15, -0.1) is 11.3 Å². The minimum absolute atomic E-state index is 0.110. The third kappa shape index (κ3) is 2.49. The molecule has 1 unspecified atom stereocenters. The molecule has 0 radical (unpaired) electrons. The first-order chi connectivity index (χ1) is 8.61. The highest BCUT2D eigenvalue weighted by Crippen LogP contribution is 2.28. The van der Waals surface area contributed by atoms with Crippen molar-refractivity contribution in [3.63, 3.8) is 0 Å². The fraction of sp³-hybridized carbons (Fsp3) is 0.308. The van der Waals surface area contributed by atoms with E-state index in [0.717, 1.165) is 0 Å². The molecule has 4 nitrogen and oxygen atoms in total. The summed E-state index contributed by atoms with van der Waals surface area (Å²) in [5.41, 5.74) is 1.57. The second kappa shape index (κ2) is 5.15. The number of rotatable bonds is 3. The average Bonchev–Trinajstić information content (AvgIpc) is 2.69. The Bertz CT molecular complexity index is 597. The van der Waals surface area contributed by atoms with Gasteiger partial charge < -0.3 is 5.32 Å². The summed E-state index contributed by atoms with van der Waals surface area (Å²) in [5.74, 6) is 0.538. The summed E-state index contributed by atoms with van der Waals surface area (Å²) in [6.07, 6.45) is 3.11. The molecule has 0 saturated heterocycles. The second-order valence-corrected chi connectivity index (χ2v) is 5.56. The topological polar surface area (TPSA) is 61.6 Å². The predicted octanol–water partition coefficient (Wildman–Crippen LogP) is 3.20. The van der Waals surface area contributed by atoms with Crippen LogP contribution in [0.25, 0.3) is 0 Å². The quantitative estimate of drug-likeness (QED) is 0.918. The van der Waals surface area contributed by atoms with Gasteiger partial charge in [0.05, 0.1) is 6.04 Å². The van der Waals surface area contributed by atoms with E-state index in [9.17, 15) is 0 Å². The number of nitrogens with one attached hydrogen (secondary N) is 1. The molecular formula is C13H14N4S. The summed E-state index contributed by atoms with van der Waals surface area (Å²) in [7, 11) is 0. The molecule has 2 aromatic rings. The molecular weight excluding hydrogens is 244 g/mol. The van der Waals surface area contributed by atoms with Crippen LogP contribution in [0.15, 0.2) is 18.5 Å². The van der Waals surface area contributed by atoms with E-state index in [1.54, 1.807) is 17.5 Å². The Labute approximate surface area is 110 Å². The number of hydrogen-bond acceptors (Lipinski definition) is 5. The molecule has 0 aromatic carbocycles. The van der Waals surface area contributed by atoms with E-state index in [-0.39, 0.29) is 6.04 Å². The fourth-order valence-corrected chi connectivity index (χ4v) is 2.91. The maximum atomic E-state index is 8.97. The van der Waals surface area contributed by atoms with Gasteiger partial charge in [0.2, 0.25) is 0 Å². The molecule has 2 aromatic heterocycles. The number of hydrogen-bond donors (Lipinski definition) is 1. The minimum Gasteiger partial charge on any atom is -0.361 e. The zero-order valence-electron chi connectivity index (χ0n) is 10.6. The lowest BCUT2D eigenvalue weighted by molar-refractivity contribution is 0.866. The van der Waals surface area contributed by atoms with E-state index in [1.165, 1.54) is 21.5 Å². The van der Waals surface area contributed by atoms with Gasteiger partial charge in [0.1, 0.15) is 6.07 Å². The molecule has 0 spiro atoms. The van der Waals surface area contributed by atoms with Crippen LogP contribution in [0.3, 0.4) is 0 Å². The summed E-state index contributed by atoms with van der Waals surface area (Å²) in [6, 6.07) is 4.32. The first-order valence-electron chi connectivity index (χ1n) is 5.66. The predicted molar refractivity (Wildman–Crippen MR) is 72.6 cm³/mol. The van der Waals surface area contributed by atoms with Crippen LogP contribution < -0.4 is 5.32 Å². The van der Waals surface area contributed by atoms with E-state index in [2.05, 4.69) is 42.1 Å². The van der Waals surface area contributed by atoms with Crippen LogP contribution in [-0.2, 0) is 0 Å². The summed E-state index contributed by atoms with van der Waals surface area (Å²) >= 11 is 1.78. The Morgan fingerprint density at radius 2 is 2.06 bits per heavy atom. The summed E-state index contributed by atoms with van der Waals surface area (Å²) in [6.45, 7) is 6.26. The van der Waals surface area contributed by atoms with Crippen LogP contribution in [0.2, 0.25) is 0 Å². The molecule has 0 saturated carbocycles. The van der Waals surface area contributed by atoms with Crippen molar-refractivity contribution >= 4 is 17.2 Å². The van der Waals surface area contributed by atoms with Crippen LogP contribution in [-0.4, -0.2) is 9.97 Å². The number of nitrogens with zero attached hydrogens (tertiary/aromatic N) is 3. The number of aryl methyl sites for hydroxylation is 2. The Hall–Kier alpha value is -1.93. The van der Waals surface area contributed by atoms with Crippen molar-refractivity contribution in [1.29, 1.82) is 5.26 Å². The number of thiophene rings is 1. The zero-order valence-corrected chi connectivity index (χ0v) is 11.4. The molecule has 5 heteroatoms. The van der Waals surface area contributed by atoms with Crippen LogP contribution in [0, 0.1) is 25.2 Å². The highest BCUT2D eigenvalue weighted by Gasteiger charge is 2.13. The number of aromatic nitrogens is 2. The lowest BCUT2D eigenvalue weighted by atomic mass is 10.1. The Balaban J connectivity index is 2.24. The van der Waals surface area contributed by atoms with Crippen molar-refractivity contribution < 1.29 is 0 Å². The van der Waals surface area contributed by atoms with Crippen LogP contribution >= 0.6 is 11.3 Å². The molecule has 2 rings (SSSR count). The van der Waals surface area contributed by atoms with Crippen molar-refractivity contribution in [2.45, 2.75) is 26.8 Å². The van der Waals surface area contributed by atoms with E-state index in [0.29, 0.717) is 11.5 Å².